The second-order valence-corrected chi connectivity index (χ2v) is 20.2. The van der Waals surface area contributed by atoms with Gasteiger partial charge in [-0.15, -0.1) is 0 Å². The topological polar surface area (TPSA) is 78.9 Å². The van der Waals surface area contributed by atoms with Crippen LogP contribution in [0.2, 0.25) is 0 Å². The fraction of sp³-hybridized carbons (Fsp3) is 0.575. The van der Waals surface area contributed by atoms with Gasteiger partial charge in [0.05, 0.1) is 0 Å². The minimum atomic E-state index is -0.845. The summed E-state index contributed by atoms with van der Waals surface area (Å²) in [7, 11) is 0. The van der Waals surface area contributed by atoms with Crippen LogP contribution in [0.3, 0.4) is 0 Å². The molecule has 0 aliphatic rings. The van der Waals surface area contributed by atoms with Gasteiger partial charge in [0, 0.05) is 19.3 Å². The lowest BCUT2D eigenvalue weighted by Gasteiger charge is -2.18. The number of unbranched alkanes of at least 4 members (excludes halogenated alkanes) is 16. The zero-order chi connectivity index (χ0) is 57.1. The monoisotopic (exact) mass is 1090 g/mol. The Kier molecular flexibility index (Phi) is 61.0. The van der Waals surface area contributed by atoms with E-state index in [0.717, 1.165) is 122 Å². The van der Waals surface area contributed by atoms with Crippen molar-refractivity contribution in [3.63, 3.8) is 0 Å². The second kappa shape index (κ2) is 65.3. The predicted molar refractivity (Wildman–Crippen MR) is 343 cm³/mol. The van der Waals surface area contributed by atoms with Crippen molar-refractivity contribution in [2.75, 3.05) is 13.2 Å². The van der Waals surface area contributed by atoms with E-state index in [1.165, 1.54) is 77.0 Å². The molecule has 442 valence electrons. The molecule has 0 spiro atoms. The van der Waals surface area contributed by atoms with Crippen LogP contribution in [0.5, 0.6) is 0 Å². The molecule has 1 atom stereocenters. The van der Waals surface area contributed by atoms with E-state index < -0.39 is 12.1 Å². The normalized spacial score (nSPS) is 13.3. The van der Waals surface area contributed by atoms with E-state index in [1.54, 1.807) is 0 Å². The molecule has 6 heteroatoms. The Morgan fingerprint density at radius 1 is 0.266 bits per heavy atom. The molecular weight excluding hydrogens is 973 g/mol. The number of hydrogen-bond acceptors (Lipinski definition) is 6. The molecule has 0 aliphatic carbocycles. The number of carbonyl (C=O) groups is 3. The van der Waals surface area contributed by atoms with Gasteiger partial charge in [-0.2, -0.15) is 0 Å². The van der Waals surface area contributed by atoms with Gasteiger partial charge in [-0.25, -0.2) is 0 Å². The van der Waals surface area contributed by atoms with Gasteiger partial charge in [-0.05, 0) is 122 Å². The Morgan fingerprint density at radius 3 is 0.823 bits per heavy atom. The van der Waals surface area contributed by atoms with E-state index in [4.69, 9.17) is 14.2 Å². The van der Waals surface area contributed by atoms with Crippen LogP contribution < -0.4 is 0 Å². The molecule has 0 rings (SSSR count). The molecule has 79 heavy (non-hydrogen) atoms. The Balaban J connectivity index is 4.57. The molecular formula is C73H114O6. The molecule has 0 saturated carbocycles. The van der Waals surface area contributed by atoms with Gasteiger partial charge in [-0.1, -0.05) is 281 Å². The van der Waals surface area contributed by atoms with Crippen LogP contribution >= 0.6 is 0 Å². The maximum Gasteiger partial charge on any atom is 0.306 e. The van der Waals surface area contributed by atoms with E-state index >= 15 is 0 Å². The molecule has 1 unspecified atom stereocenters. The van der Waals surface area contributed by atoms with Crippen molar-refractivity contribution in [2.24, 2.45) is 0 Å². The van der Waals surface area contributed by atoms with E-state index in [1.807, 2.05) is 12.2 Å². The molecule has 0 aliphatic heterocycles. The first kappa shape index (κ1) is 73.8. The summed E-state index contributed by atoms with van der Waals surface area (Å²) in [6.07, 6.45) is 96.5. The highest BCUT2D eigenvalue weighted by Gasteiger charge is 2.19. The van der Waals surface area contributed by atoms with Crippen LogP contribution in [0.1, 0.15) is 252 Å². The van der Waals surface area contributed by atoms with Crippen LogP contribution in [0.25, 0.3) is 0 Å². The number of carbonyl (C=O) groups excluding carboxylic acids is 3. The van der Waals surface area contributed by atoms with Crippen molar-refractivity contribution in [1.82, 2.24) is 0 Å². The molecule has 0 saturated heterocycles. The second-order valence-electron chi connectivity index (χ2n) is 20.2. The molecule has 0 fully saturated rings. The lowest BCUT2D eigenvalue weighted by Crippen LogP contribution is -2.30. The summed E-state index contributed by atoms with van der Waals surface area (Å²) < 4.78 is 16.8. The number of esters is 3. The zero-order valence-corrected chi connectivity index (χ0v) is 50.6. The maximum absolute atomic E-state index is 12.9. The van der Waals surface area contributed by atoms with Gasteiger partial charge < -0.3 is 14.2 Å². The van der Waals surface area contributed by atoms with Crippen molar-refractivity contribution in [3.05, 3.63) is 170 Å². The van der Waals surface area contributed by atoms with Gasteiger partial charge in [0.1, 0.15) is 13.2 Å². The smallest absolute Gasteiger partial charge is 0.306 e. The molecule has 0 aromatic heterocycles. The maximum atomic E-state index is 12.9. The highest BCUT2D eigenvalue weighted by Crippen LogP contribution is 2.15. The number of rotatable bonds is 55. The standard InChI is InChI=1S/C73H114O6/c1-4-7-10-13-16-19-22-25-28-30-32-33-34-35-36-37-38-39-41-42-45-48-51-54-57-60-63-66-72(75)78-69-70(68-77-71(74)65-62-59-56-53-50-47-44-27-24-21-18-15-12-9-6-3)79-73(76)67-64-61-58-55-52-49-46-43-40-31-29-26-23-20-17-14-11-8-5-2/h7-8,10-11,16-17,19-20,25-26,28-29,32-33,35-36,38-40,42-43,45,49,51-52,54,58,61,70H,4-6,9,12-15,18,21-24,27,30-31,34,37,41,44,46-48,50,53,55-57,59-60,62-69H2,1-3H3/b10-7-,11-8-,19-16-,20-17-,28-25-,29-26-,33-32-,36-35-,39-38-,43-40-,45-42-,52-49-,54-51-,61-58-. The number of allylic oxidation sites excluding steroid dienone is 28. The Hall–Kier alpha value is -5.23. The summed E-state index contributed by atoms with van der Waals surface area (Å²) in [5.74, 6) is -1.06. The molecule has 6 nitrogen and oxygen atoms in total. The van der Waals surface area contributed by atoms with Gasteiger partial charge in [0.15, 0.2) is 6.10 Å². The molecule has 0 bridgehead atoms. The van der Waals surface area contributed by atoms with Gasteiger partial charge in [0.2, 0.25) is 0 Å². The Labute approximate surface area is 485 Å². The highest BCUT2D eigenvalue weighted by atomic mass is 16.6. The first-order chi connectivity index (χ1) is 39.0. The van der Waals surface area contributed by atoms with Crippen LogP contribution in [0.15, 0.2) is 170 Å². The van der Waals surface area contributed by atoms with E-state index in [9.17, 15) is 14.4 Å². The van der Waals surface area contributed by atoms with Crippen molar-refractivity contribution in [3.8, 4) is 0 Å². The van der Waals surface area contributed by atoms with Crippen molar-refractivity contribution in [2.45, 2.75) is 258 Å². The fourth-order valence-corrected chi connectivity index (χ4v) is 8.07. The lowest BCUT2D eigenvalue weighted by molar-refractivity contribution is -0.166. The summed E-state index contributed by atoms with van der Waals surface area (Å²) in [6.45, 7) is 6.31. The SMILES string of the molecule is CC/C=C\C/C=C\C/C=C\C/C=C\C/C=C\C/C=C\C/C=C\C/C=C\CCCCC(=O)OCC(COC(=O)CCCCCCCCCCCCCCCCC)OC(=O)CC/C=C\C/C=C\C/C=C\C/C=C\C/C=C\C/C=C\CC. The first-order valence-corrected chi connectivity index (χ1v) is 31.6. The van der Waals surface area contributed by atoms with Gasteiger partial charge >= 0.3 is 17.9 Å². The third-order valence-electron chi connectivity index (χ3n) is 12.7. The van der Waals surface area contributed by atoms with Crippen molar-refractivity contribution < 1.29 is 28.6 Å². The minimum Gasteiger partial charge on any atom is -0.462 e. The Bertz CT molecular complexity index is 1820. The van der Waals surface area contributed by atoms with Crippen LogP contribution in [-0.2, 0) is 28.6 Å². The summed E-state index contributed by atoms with van der Waals surface area (Å²) in [4.78, 5) is 38.3. The summed E-state index contributed by atoms with van der Waals surface area (Å²) in [5, 5.41) is 0. The van der Waals surface area contributed by atoms with Crippen LogP contribution in [0, 0.1) is 0 Å². The third-order valence-corrected chi connectivity index (χ3v) is 12.7. The van der Waals surface area contributed by atoms with Crippen LogP contribution in [-0.4, -0.2) is 37.2 Å². The molecule has 0 amide bonds. The first-order valence-electron chi connectivity index (χ1n) is 31.6. The minimum absolute atomic E-state index is 0.128. The molecule has 0 aromatic carbocycles. The van der Waals surface area contributed by atoms with Gasteiger partial charge in [-0.3, -0.25) is 14.4 Å². The summed E-state index contributed by atoms with van der Waals surface area (Å²) >= 11 is 0. The quantitative estimate of drug-likeness (QED) is 0.0261. The fourth-order valence-electron chi connectivity index (χ4n) is 8.07. The zero-order valence-electron chi connectivity index (χ0n) is 50.6. The van der Waals surface area contributed by atoms with Crippen LogP contribution in [0.4, 0.5) is 0 Å². The third kappa shape index (κ3) is 63.5. The molecule has 0 heterocycles. The molecule has 0 aromatic rings. The molecule has 0 radical (unpaired) electrons. The lowest BCUT2D eigenvalue weighted by atomic mass is 10.0. The predicted octanol–water partition coefficient (Wildman–Crippen LogP) is 21.9. The largest absolute Gasteiger partial charge is 0.462 e. The Morgan fingerprint density at radius 2 is 0.519 bits per heavy atom. The number of hydrogen-bond donors (Lipinski definition) is 0. The summed E-state index contributed by atoms with van der Waals surface area (Å²) in [5.41, 5.74) is 0. The average Bonchev–Trinajstić information content (AvgIpc) is 3.45. The molecule has 0 N–H and O–H groups in total. The highest BCUT2D eigenvalue weighted by molar-refractivity contribution is 5.71. The van der Waals surface area contributed by atoms with Gasteiger partial charge in [0.25, 0.3) is 0 Å². The van der Waals surface area contributed by atoms with Crippen molar-refractivity contribution in [1.29, 1.82) is 0 Å². The van der Waals surface area contributed by atoms with E-state index in [-0.39, 0.29) is 38.0 Å². The number of ether oxygens (including phenoxy) is 3. The average molecular weight is 1090 g/mol. The van der Waals surface area contributed by atoms with E-state index in [0.29, 0.717) is 19.3 Å². The summed E-state index contributed by atoms with van der Waals surface area (Å²) in [6, 6.07) is 0. The van der Waals surface area contributed by atoms with E-state index in [2.05, 4.69) is 179 Å². The van der Waals surface area contributed by atoms with Crippen molar-refractivity contribution >= 4 is 17.9 Å².